The molecule has 0 aliphatic rings. The summed E-state index contributed by atoms with van der Waals surface area (Å²) in [6.45, 7) is 0.0893. The Bertz CT molecular complexity index is 697. The van der Waals surface area contributed by atoms with Gasteiger partial charge in [-0.1, -0.05) is 12.1 Å². The fourth-order valence-corrected chi connectivity index (χ4v) is 2.20. The third kappa shape index (κ3) is 4.60. The molecule has 0 saturated carbocycles. The number of carbonyl (C=O) groups is 1. The molecule has 0 N–H and O–H groups in total. The number of rotatable bonds is 5. The van der Waals surface area contributed by atoms with Gasteiger partial charge in [0.1, 0.15) is 6.61 Å². The van der Waals surface area contributed by atoms with Crippen molar-refractivity contribution in [2.45, 2.75) is 12.8 Å². The van der Waals surface area contributed by atoms with E-state index in [1.807, 2.05) is 0 Å². The summed E-state index contributed by atoms with van der Waals surface area (Å²) < 4.78 is 48.1. The lowest BCUT2D eigenvalue weighted by Gasteiger charge is -2.12. The van der Waals surface area contributed by atoms with Gasteiger partial charge in [-0.3, -0.25) is 4.79 Å². The maximum atomic E-state index is 12.5. The first-order chi connectivity index (χ1) is 10.8. The summed E-state index contributed by atoms with van der Waals surface area (Å²) in [6.07, 6.45) is -4.36. The highest BCUT2D eigenvalue weighted by Crippen LogP contribution is 2.31. The molecule has 0 aromatic heterocycles. The SMILES string of the molecule is COc1cc(C(=O)I)ccc1OCc1ccc(C(F)(F)F)cc1. The number of benzene rings is 2. The fourth-order valence-electron chi connectivity index (χ4n) is 1.86. The molecule has 0 aliphatic heterocycles. The zero-order valence-corrected chi connectivity index (χ0v) is 14.1. The van der Waals surface area contributed by atoms with E-state index in [0.717, 1.165) is 12.1 Å². The highest BCUT2D eigenvalue weighted by Gasteiger charge is 2.29. The van der Waals surface area contributed by atoms with Crippen molar-refractivity contribution >= 4 is 26.4 Å². The average molecular weight is 436 g/mol. The number of ether oxygens (including phenoxy) is 2. The van der Waals surface area contributed by atoms with Gasteiger partial charge in [0.25, 0.3) is 0 Å². The smallest absolute Gasteiger partial charge is 0.416 e. The van der Waals surface area contributed by atoms with Crippen LogP contribution >= 0.6 is 22.6 Å². The first kappa shape index (κ1) is 17.6. The summed E-state index contributed by atoms with van der Waals surface area (Å²) in [5, 5.41) is 0. The van der Waals surface area contributed by atoms with Gasteiger partial charge in [-0.2, -0.15) is 13.2 Å². The number of hydrogen-bond acceptors (Lipinski definition) is 3. The van der Waals surface area contributed by atoms with Crippen LogP contribution in [-0.2, 0) is 12.8 Å². The molecule has 7 heteroatoms. The summed E-state index contributed by atoms with van der Waals surface area (Å²) in [5.41, 5.74) is 0.363. The molecule has 2 aromatic rings. The maximum absolute atomic E-state index is 12.5. The molecule has 0 heterocycles. The molecule has 0 saturated heterocycles. The van der Waals surface area contributed by atoms with Crippen LogP contribution in [0.2, 0.25) is 0 Å². The predicted octanol–water partition coefficient (Wildman–Crippen LogP) is 4.87. The average Bonchev–Trinajstić information content (AvgIpc) is 2.52. The van der Waals surface area contributed by atoms with E-state index in [-0.39, 0.29) is 10.4 Å². The van der Waals surface area contributed by atoms with Gasteiger partial charge in [0.05, 0.1) is 12.7 Å². The standard InChI is InChI=1S/C16H12F3IO3/c1-22-14-8-11(15(20)21)4-7-13(14)23-9-10-2-5-12(6-3-10)16(17,18)19/h2-8H,9H2,1H3. The van der Waals surface area contributed by atoms with Crippen LogP contribution in [0.5, 0.6) is 11.5 Å². The van der Waals surface area contributed by atoms with E-state index in [4.69, 9.17) is 9.47 Å². The summed E-state index contributed by atoms with van der Waals surface area (Å²) >= 11 is 1.67. The van der Waals surface area contributed by atoms with E-state index in [9.17, 15) is 18.0 Å². The van der Waals surface area contributed by atoms with Crippen LogP contribution in [-0.4, -0.2) is 10.9 Å². The third-order valence-corrected chi connectivity index (χ3v) is 3.69. The van der Waals surface area contributed by atoms with Crippen molar-refractivity contribution in [3.63, 3.8) is 0 Å². The number of carbonyl (C=O) groups excluding carboxylic acids is 1. The van der Waals surface area contributed by atoms with Crippen molar-refractivity contribution in [2.75, 3.05) is 7.11 Å². The van der Waals surface area contributed by atoms with Gasteiger partial charge in [-0.25, -0.2) is 0 Å². The van der Waals surface area contributed by atoms with Gasteiger partial charge in [0, 0.05) is 28.2 Å². The molecule has 122 valence electrons. The van der Waals surface area contributed by atoms with E-state index >= 15 is 0 Å². The molecule has 0 unspecified atom stereocenters. The van der Waals surface area contributed by atoms with Gasteiger partial charge in [0.2, 0.25) is 3.79 Å². The largest absolute Gasteiger partial charge is 0.493 e. The quantitative estimate of drug-likeness (QED) is 0.496. The van der Waals surface area contributed by atoms with E-state index in [1.54, 1.807) is 40.8 Å². The minimum Gasteiger partial charge on any atom is -0.493 e. The maximum Gasteiger partial charge on any atom is 0.416 e. The molecule has 23 heavy (non-hydrogen) atoms. The Morgan fingerprint density at radius 2 is 1.74 bits per heavy atom. The Morgan fingerprint density at radius 1 is 1.09 bits per heavy atom. The van der Waals surface area contributed by atoms with Crippen LogP contribution in [0.15, 0.2) is 42.5 Å². The minimum absolute atomic E-state index is 0.0893. The molecule has 3 nitrogen and oxygen atoms in total. The van der Waals surface area contributed by atoms with Gasteiger partial charge >= 0.3 is 6.18 Å². The van der Waals surface area contributed by atoms with Crippen LogP contribution in [0.1, 0.15) is 21.5 Å². The summed E-state index contributed by atoms with van der Waals surface area (Å²) in [7, 11) is 1.45. The molecule has 0 bridgehead atoms. The van der Waals surface area contributed by atoms with Crippen LogP contribution in [0.4, 0.5) is 13.2 Å². The zero-order valence-electron chi connectivity index (χ0n) is 12.0. The van der Waals surface area contributed by atoms with Crippen LogP contribution < -0.4 is 9.47 Å². The lowest BCUT2D eigenvalue weighted by atomic mass is 10.1. The second-order valence-corrected chi connectivity index (χ2v) is 5.60. The van der Waals surface area contributed by atoms with Crippen molar-refractivity contribution in [1.82, 2.24) is 0 Å². The van der Waals surface area contributed by atoms with Gasteiger partial charge < -0.3 is 9.47 Å². The lowest BCUT2D eigenvalue weighted by Crippen LogP contribution is -2.05. The van der Waals surface area contributed by atoms with Crippen LogP contribution in [0.3, 0.4) is 0 Å². The molecule has 2 rings (SSSR count). The van der Waals surface area contributed by atoms with Crippen molar-refractivity contribution in [3.05, 3.63) is 59.2 Å². The van der Waals surface area contributed by atoms with Crippen LogP contribution in [0, 0.1) is 0 Å². The molecule has 0 radical (unpaired) electrons. The predicted molar refractivity (Wildman–Crippen MR) is 87.1 cm³/mol. The summed E-state index contributed by atoms with van der Waals surface area (Å²) in [4.78, 5) is 11.3. The Morgan fingerprint density at radius 3 is 2.26 bits per heavy atom. The zero-order chi connectivity index (χ0) is 17.0. The molecule has 0 atom stereocenters. The van der Waals surface area contributed by atoms with Gasteiger partial charge in [-0.05, 0) is 35.9 Å². The number of methoxy groups -OCH3 is 1. The van der Waals surface area contributed by atoms with Crippen molar-refractivity contribution in [3.8, 4) is 11.5 Å². The van der Waals surface area contributed by atoms with Crippen molar-refractivity contribution in [1.29, 1.82) is 0 Å². The van der Waals surface area contributed by atoms with E-state index in [1.165, 1.54) is 19.2 Å². The highest BCUT2D eigenvalue weighted by molar-refractivity contribution is 14.1. The third-order valence-electron chi connectivity index (χ3n) is 3.07. The monoisotopic (exact) mass is 436 g/mol. The van der Waals surface area contributed by atoms with Crippen molar-refractivity contribution < 1.29 is 27.4 Å². The van der Waals surface area contributed by atoms with E-state index in [0.29, 0.717) is 22.6 Å². The summed E-state index contributed by atoms with van der Waals surface area (Å²) in [6, 6.07) is 9.47. The first-order valence-corrected chi connectivity index (χ1v) is 7.56. The lowest BCUT2D eigenvalue weighted by molar-refractivity contribution is -0.137. The molecular weight excluding hydrogens is 424 g/mol. The molecule has 0 fully saturated rings. The fraction of sp³-hybridized carbons (Fsp3) is 0.188. The molecule has 0 spiro atoms. The molecule has 2 aromatic carbocycles. The van der Waals surface area contributed by atoms with E-state index < -0.39 is 11.7 Å². The Balaban J connectivity index is 2.10. The molecule has 0 aliphatic carbocycles. The summed E-state index contributed by atoms with van der Waals surface area (Å²) in [5.74, 6) is 0.799. The normalized spacial score (nSPS) is 11.2. The number of alkyl halides is 3. The Hall–Kier alpha value is -1.77. The Kier molecular flexibility index (Phi) is 5.51. The second-order valence-electron chi connectivity index (χ2n) is 4.62. The minimum atomic E-state index is -4.36. The Labute approximate surface area is 144 Å². The van der Waals surface area contributed by atoms with Gasteiger partial charge in [-0.15, -0.1) is 0 Å². The molecular formula is C16H12F3IO3. The second kappa shape index (κ2) is 7.20. The van der Waals surface area contributed by atoms with Gasteiger partial charge in [0.15, 0.2) is 11.5 Å². The van der Waals surface area contributed by atoms with E-state index in [2.05, 4.69) is 0 Å². The topological polar surface area (TPSA) is 35.5 Å². The highest BCUT2D eigenvalue weighted by atomic mass is 127. The molecule has 0 amide bonds. The van der Waals surface area contributed by atoms with Crippen LogP contribution in [0.25, 0.3) is 0 Å². The number of halogens is 4. The first-order valence-electron chi connectivity index (χ1n) is 6.48. The number of hydrogen-bond donors (Lipinski definition) is 0. The van der Waals surface area contributed by atoms with Crippen molar-refractivity contribution in [2.24, 2.45) is 0 Å².